The molecule has 13 heavy (non-hydrogen) atoms. The topological polar surface area (TPSA) is 29.5 Å². The molecule has 1 aromatic rings. The van der Waals surface area contributed by atoms with E-state index in [-0.39, 0.29) is 0 Å². The Morgan fingerprint density at radius 3 is 2.77 bits per heavy atom. The fourth-order valence-electron chi connectivity index (χ4n) is 1.01. The molecule has 1 N–H and O–H groups in total. The zero-order valence-electron chi connectivity index (χ0n) is 8.28. The van der Waals surface area contributed by atoms with E-state index in [4.69, 9.17) is 4.74 Å². The average molecular weight is 200 g/mol. The van der Waals surface area contributed by atoms with Gasteiger partial charge < -0.3 is 9.84 Å². The maximum Gasteiger partial charge on any atom is 0.0883 e. The predicted octanol–water partition coefficient (Wildman–Crippen LogP) is 2.08. The largest absolute Gasteiger partial charge is 0.390 e. The number of rotatable bonds is 4. The summed E-state index contributed by atoms with van der Waals surface area (Å²) in [5, 5.41) is 13.9. The van der Waals surface area contributed by atoms with Crippen LogP contribution in [-0.4, -0.2) is 23.9 Å². The van der Waals surface area contributed by atoms with Crippen LogP contribution >= 0.6 is 11.3 Å². The van der Waals surface area contributed by atoms with Crippen molar-refractivity contribution in [1.29, 1.82) is 0 Å². The SMILES string of the molecule is COC(C)(C)C(O)Cc1ccsc1. The van der Waals surface area contributed by atoms with Gasteiger partial charge in [0, 0.05) is 13.5 Å². The highest BCUT2D eigenvalue weighted by Crippen LogP contribution is 2.18. The Bertz CT molecular complexity index is 241. The van der Waals surface area contributed by atoms with Crippen molar-refractivity contribution in [1.82, 2.24) is 0 Å². The monoisotopic (exact) mass is 200 g/mol. The van der Waals surface area contributed by atoms with E-state index in [2.05, 4.69) is 5.38 Å². The van der Waals surface area contributed by atoms with Gasteiger partial charge in [-0.05, 0) is 36.2 Å². The minimum absolute atomic E-state index is 0.452. The molecule has 1 unspecified atom stereocenters. The van der Waals surface area contributed by atoms with Crippen LogP contribution in [0.3, 0.4) is 0 Å². The number of methoxy groups -OCH3 is 1. The molecule has 1 atom stereocenters. The van der Waals surface area contributed by atoms with Crippen molar-refractivity contribution in [2.24, 2.45) is 0 Å². The second-order valence-electron chi connectivity index (χ2n) is 3.66. The Morgan fingerprint density at radius 1 is 1.62 bits per heavy atom. The maximum atomic E-state index is 9.83. The van der Waals surface area contributed by atoms with E-state index < -0.39 is 11.7 Å². The van der Waals surface area contributed by atoms with Crippen LogP contribution < -0.4 is 0 Å². The van der Waals surface area contributed by atoms with Crippen LogP contribution in [0.5, 0.6) is 0 Å². The van der Waals surface area contributed by atoms with Crippen molar-refractivity contribution >= 4 is 11.3 Å². The second-order valence-corrected chi connectivity index (χ2v) is 4.44. The Kier molecular flexibility index (Phi) is 3.47. The number of aliphatic hydroxyl groups excluding tert-OH is 1. The third kappa shape index (κ3) is 2.79. The molecular formula is C10H16O2S. The van der Waals surface area contributed by atoms with Crippen molar-refractivity contribution < 1.29 is 9.84 Å². The molecule has 0 aromatic carbocycles. The van der Waals surface area contributed by atoms with Gasteiger partial charge in [-0.15, -0.1) is 0 Å². The molecule has 0 aliphatic heterocycles. The first-order valence-electron chi connectivity index (χ1n) is 4.30. The lowest BCUT2D eigenvalue weighted by molar-refractivity contribution is -0.0764. The van der Waals surface area contributed by atoms with Gasteiger partial charge in [-0.3, -0.25) is 0 Å². The van der Waals surface area contributed by atoms with E-state index in [0.717, 1.165) is 0 Å². The highest BCUT2D eigenvalue weighted by atomic mass is 32.1. The molecule has 0 aliphatic rings. The quantitative estimate of drug-likeness (QED) is 0.806. The first kappa shape index (κ1) is 10.7. The number of hydrogen-bond donors (Lipinski definition) is 1. The Labute approximate surface area is 83.2 Å². The summed E-state index contributed by atoms with van der Waals surface area (Å²) < 4.78 is 5.20. The molecule has 0 fully saturated rings. The molecule has 74 valence electrons. The number of thiophene rings is 1. The Balaban J connectivity index is 2.55. The van der Waals surface area contributed by atoms with Gasteiger partial charge in [0.05, 0.1) is 11.7 Å². The van der Waals surface area contributed by atoms with E-state index in [1.807, 2.05) is 25.3 Å². The lowest BCUT2D eigenvalue weighted by Crippen LogP contribution is -2.39. The fourth-order valence-corrected chi connectivity index (χ4v) is 1.70. The van der Waals surface area contributed by atoms with Crippen LogP contribution in [0.25, 0.3) is 0 Å². The summed E-state index contributed by atoms with van der Waals surface area (Å²) in [6.45, 7) is 3.79. The zero-order chi connectivity index (χ0) is 9.90. The Morgan fingerprint density at radius 2 is 2.31 bits per heavy atom. The molecule has 0 saturated carbocycles. The number of ether oxygens (including phenoxy) is 1. The van der Waals surface area contributed by atoms with Crippen LogP contribution in [0.4, 0.5) is 0 Å². The van der Waals surface area contributed by atoms with Crippen molar-refractivity contribution in [2.45, 2.75) is 32.0 Å². The molecule has 2 nitrogen and oxygen atoms in total. The van der Waals surface area contributed by atoms with Gasteiger partial charge in [0.1, 0.15) is 0 Å². The zero-order valence-corrected chi connectivity index (χ0v) is 9.10. The molecule has 1 aromatic heterocycles. The molecule has 0 radical (unpaired) electrons. The van der Waals surface area contributed by atoms with Crippen LogP contribution in [0.1, 0.15) is 19.4 Å². The van der Waals surface area contributed by atoms with Crippen molar-refractivity contribution in [3.63, 3.8) is 0 Å². The van der Waals surface area contributed by atoms with Gasteiger partial charge in [-0.2, -0.15) is 11.3 Å². The van der Waals surface area contributed by atoms with E-state index in [1.54, 1.807) is 18.4 Å². The summed E-state index contributed by atoms with van der Waals surface area (Å²) in [7, 11) is 1.62. The molecule has 0 amide bonds. The van der Waals surface area contributed by atoms with Crippen LogP contribution in [0.2, 0.25) is 0 Å². The van der Waals surface area contributed by atoms with Gasteiger partial charge in [0.15, 0.2) is 0 Å². The van der Waals surface area contributed by atoms with Crippen molar-refractivity contribution in [3.8, 4) is 0 Å². The predicted molar refractivity (Wildman–Crippen MR) is 55.1 cm³/mol. The lowest BCUT2D eigenvalue weighted by Gasteiger charge is -2.28. The third-order valence-corrected chi connectivity index (χ3v) is 3.07. The highest BCUT2D eigenvalue weighted by molar-refractivity contribution is 7.07. The molecular weight excluding hydrogens is 184 g/mol. The summed E-state index contributed by atoms with van der Waals surface area (Å²) >= 11 is 1.65. The van der Waals surface area contributed by atoms with Crippen molar-refractivity contribution in [3.05, 3.63) is 22.4 Å². The van der Waals surface area contributed by atoms with Gasteiger partial charge in [-0.1, -0.05) is 0 Å². The number of aliphatic hydroxyl groups is 1. The van der Waals surface area contributed by atoms with Gasteiger partial charge in [-0.25, -0.2) is 0 Å². The summed E-state index contributed by atoms with van der Waals surface area (Å²) in [6.07, 6.45) is 0.205. The molecule has 0 aliphatic carbocycles. The third-order valence-electron chi connectivity index (χ3n) is 2.34. The molecule has 0 spiro atoms. The van der Waals surface area contributed by atoms with E-state index in [9.17, 15) is 5.11 Å². The van der Waals surface area contributed by atoms with E-state index in [0.29, 0.717) is 6.42 Å². The number of hydrogen-bond acceptors (Lipinski definition) is 3. The van der Waals surface area contributed by atoms with Crippen LogP contribution in [0.15, 0.2) is 16.8 Å². The molecule has 0 bridgehead atoms. The molecule has 1 rings (SSSR count). The standard InChI is InChI=1S/C10H16O2S/c1-10(2,12-3)9(11)6-8-4-5-13-7-8/h4-5,7,9,11H,6H2,1-3H3. The average Bonchev–Trinajstić information content (AvgIpc) is 2.57. The second kappa shape index (κ2) is 4.22. The van der Waals surface area contributed by atoms with Crippen LogP contribution in [0, 0.1) is 0 Å². The van der Waals surface area contributed by atoms with Gasteiger partial charge >= 0.3 is 0 Å². The van der Waals surface area contributed by atoms with E-state index >= 15 is 0 Å². The normalized spacial score (nSPS) is 14.5. The minimum Gasteiger partial charge on any atom is -0.390 e. The minimum atomic E-state index is -0.470. The highest BCUT2D eigenvalue weighted by Gasteiger charge is 2.27. The summed E-state index contributed by atoms with van der Waals surface area (Å²) in [6, 6.07) is 2.03. The maximum absolute atomic E-state index is 9.83. The Hall–Kier alpha value is -0.380. The van der Waals surface area contributed by atoms with E-state index in [1.165, 1.54) is 5.56 Å². The van der Waals surface area contributed by atoms with Gasteiger partial charge in [0.2, 0.25) is 0 Å². The summed E-state index contributed by atoms with van der Waals surface area (Å²) in [5.74, 6) is 0. The van der Waals surface area contributed by atoms with Gasteiger partial charge in [0.25, 0.3) is 0 Å². The van der Waals surface area contributed by atoms with Crippen molar-refractivity contribution in [2.75, 3.05) is 7.11 Å². The molecule has 0 saturated heterocycles. The first-order chi connectivity index (χ1) is 6.06. The summed E-state index contributed by atoms with van der Waals surface area (Å²) in [4.78, 5) is 0. The molecule has 3 heteroatoms. The van der Waals surface area contributed by atoms with Crippen LogP contribution in [-0.2, 0) is 11.2 Å². The molecule has 1 heterocycles. The first-order valence-corrected chi connectivity index (χ1v) is 5.25. The fraction of sp³-hybridized carbons (Fsp3) is 0.600. The summed E-state index contributed by atoms with van der Waals surface area (Å²) in [5.41, 5.74) is 0.699. The lowest BCUT2D eigenvalue weighted by atomic mass is 9.96. The smallest absolute Gasteiger partial charge is 0.0883 e.